The summed E-state index contributed by atoms with van der Waals surface area (Å²) in [7, 11) is 2.16. The van der Waals surface area contributed by atoms with Crippen molar-refractivity contribution in [3.63, 3.8) is 0 Å². The Balaban J connectivity index is 1.08. The van der Waals surface area contributed by atoms with Gasteiger partial charge in [0, 0.05) is 43.3 Å². The summed E-state index contributed by atoms with van der Waals surface area (Å²) in [4.78, 5) is 17.4. The standard InChI is InChI=1S/C29H34N4O4/c1-32(19-23-16-25(31-30-23)21-8-9-21)17-20-7-10-26-22(15-20)18-33(13-14-35-26)29(34)27-11-12-28(37-27)36-24-5-3-2-4-6-24/h2-7,10-12,15,21,23,25,30-31H,8-9,13-14,16-19H2,1H3. The van der Waals surface area contributed by atoms with Crippen LogP contribution in [0.4, 0.5) is 0 Å². The maximum Gasteiger partial charge on any atom is 0.290 e. The van der Waals surface area contributed by atoms with Gasteiger partial charge in [0.25, 0.3) is 11.9 Å². The number of fused-ring (bicyclic) bond motifs is 1. The number of nitrogens with one attached hydrogen (secondary N) is 2. The van der Waals surface area contributed by atoms with Gasteiger partial charge in [-0.15, -0.1) is 0 Å². The summed E-state index contributed by atoms with van der Waals surface area (Å²) in [6.45, 7) is 3.22. The lowest BCUT2D eigenvalue weighted by atomic mass is 10.1. The number of likely N-dealkylation sites (N-methyl/N-ethyl adjacent to an activating group) is 1. The van der Waals surface area contributed by atoms with Gasteiger partial charge in [-0.3, -0.25) is 15.6 Å². The number of hydrogen-bond acceptors (Lipinski definition) is 7. The second kappa shape index (κ2) is 10.6. The van der Waals surface area contributed by atoms with Gasteiger partial charge in [0.05, 0.1) is 6.54 Å². The number of para-hydroxylation sites is 1. The highest BCUT2D eigenvalue weighted by Gasteiger charge is 2.36. The van der Waals surface area contributed by atoms with E-state index in [1.54, 1.807) is 17.0 Å². The third kappa shape index (κ3) is 5.82. The molecule has 194 valence electrons. The van der Waals surface area contributed by atoms with E-state index in [0.717, 1.165) is 30.3 Å². The van der Waals surface area contributed by atoms with Gasteiger partial charge < -0.3 is 23.7 Å². The van der Waals surface area contributed by atoms with E-state index >= 15 is 0 Å². The van der Waals surface area contributed by atoms with Gasteiger partial charge in [0.2, 0.25) is 0 Å². The van der Waals surface area contributed by atoms with E-state index in [9.17, 15) is 4.79 Å². The molecule has 0 radical (unpaired) electrons. The zero-order valence-electron chi connectivity index (χ0n) is 21.2. The lowest BCUT2D eigenvalue weighted by Gasteiger charge is -2.22. The average molecular weight is 503 g/mol. The Labute approximate surface area is 217 Å². The van der Waals surface area contributed by atoms with Crippen molar-refractivity contribution in [3.8, 4) is 17.4 Å². The summed E-state index contributed by atoms with van der Waals surface area (Å²) < 4.78 is 17.4. The number of nitrogens with zero attached hydrogens (tertiary/aromatic N) is 2. The Kier molecular flexibility index (Phi) is 6.87. The Bertz CT molecular complexity index is 1230. The molecule has 2 aromatic carbocycles. The molecule has 3 aliphatic rings. The van der Waals surface area contributed by atoms with Crippen LogP contribution in [0.2, 0.25) is 0 Å². The van der Waals surface area contributed by atoms with Crippen molar-refractivity contribution in [3.05, 3.63) is 77.6 Å². The van der Waals surface area contributed by atoms with Gasteiger partial charge in [0.1, 0.15) is 18.1 Å². The number of rotatable bonds is 8. The second-order valence-electron chi connectivity index (χ2n) is 10.4. The van der Waals surface area contributed by atoms with Gasteiger partial charge >= 0.3 is 0 Å². The monoisotopic (exact) mass is 502 g/mol. The Morgan fingerprint density at radius 2 is 1.97 bits per heavy atom. The maximum atomic E-state index is 13.3. The largest absolute Gasteiger partial charge is 0.491 e. The molecule has 2 atom stereocenters. The molecule has 2 fully saturated rings. The van der Waals surface area contributed by atoms with Crippen molar-refractivity contribution in [2.45, 2.75) is 44.4 Å². The van der Waals surface area contributed by atoms with Gasteiger partial charge in [0.15, 0.2) is 5.76 Å². The molecule has 1 amide bonds. The molecule has 0 spiro atoms. The first-order valence-electron chi connectivity index (χ1n) is 13.2. The second-order valence-corrected chi connectivity index (χ2v) is 10.4. The third-order valence-electron chi connectivity index (χ3n) is 7.33. The van der Waals surface area contributed by atoms with Gasteiger partial charge in [-0.2, -0.15) is 0 Å². The predicted octanol–water partition coefficient (Wildman–Crippen LogP) is 4.18. The molecule has 2 aliphatic heterocycles. The van der Waals surface area contributed by atoms with Crippen molar-refractivity contribution in [1.29, 1.82) is 0 Å². The van der Waals surface area contributed by atoms with Crippen molar-refractivity contribution in [2.75, 3.05) is 26.7 Å². The van der Waals surface area contributed by atoms with Crippen LogP contribution >= 0.6 is 0 Å². The molecule has 1 saturated carbocycles. The smallest absolute Gasteiger partial charge is 0.290 e. The van der Waals surface area contributed by atoms with E-state index in [-0.39, 0.29) is 11.7 Å². The molecule has 3 heterocycles. The first kappa shape index (κ1) is 24.0. The van der Waals surface area contributed by atoms with E-state index in [0.29, 0.717) is 43.5 Å². The van der Waals surface area contributed by atoms with Crippen LogP contribution in [0.15, 0.2) is 65.1 Å². The van der Waals surface area contributed by atoms with Crippen LogP contribution in [0.1, 0.15) is 40.9 Å². The summed E-state index contributed by atoms with van der Waals surface area (Å²) in [5.74, 6) is 2.74. The molecular weight excluding hydrogens is 468 g/mol. The highest BCUT2D eigenvalue weighted by atomic mass is 16.6. The van der Waals surface area contributed by atoms with E-state index in [4.69, 9.17) is 13.9 Å². The van der Waals surface area contributed by atoms with E-state index < -0.39 is 0 Å². The van der Waals surface area contributed by atoms with E-state index in [1.807, 2.05) is 36.4 Å². The number of hydrogen-bond donors (Lipinski definition) is 2. The molecule has 1 saturated heterocycles. The molecule has 1 aliphatic carbocycles. The first-order valence-corrected chi connectivity index (χ1v) is 13.2. The van der Waals surface area contributed by atoms with Crippen molar-refractivity contribution in [1.82, 2.24) is 20.7 Å². The van der Waals surface area contributed by atoms with Crippen LogP contribution in [-0.2, 0) is 13.1 Å². The topological polar surface area (TPSA) is 79.2 Å². The number of benzene rings is 2. The van der Waals surface area contributed by atoms with Gasteiger partial charge in [-0.25, -0.2) is 0 Å². The molecule has 1 aromatic heterocycles. The number of furan rings is 1. The first-order chi connectivity index (χ1) is 18.1. The zero-order valence-corrected chi connectivity index (χ0v) is 21.2. The minimum atomic E-state index is -0.174. The minimum Gasteiger partial charge on any atom is -0.491 e. The van der Waals surface area contributed by atoms with E-state index in [2.05, 4.69) is 34.9 Å². The average Bonchev–Trinajstić information content (AvgIpc) is 3.54. The van der Waals surface area contributed by atoms with Gasteiger partial charge in [-0.1, -0.05) is 24.3 Å². The quantitative estimate of drug-likeness (QED) is 0.478. The summed E-state index contributed by atoms with van der Waals surface area (Å²) in [6, 6.07) is 20.1. The normalized spacial score (nSPS) is 21.4. The van der Waals surface area contributed by atoms with Crippen molar-refractivity contribution in [2.24, 2.45) is 5.92 Å². The van der Waals surface area contributed by atoms with Crippen LogP contribution in [-0.4, -0.2) is 54.5 Å². The summed E-state index contributed by atoms with van der Waals surface area (Å²) >= 11 is 0. The molecule has 2 N–H and O–H groups in total. The molecule has 0 bridgehead atoms. The fourth-order valence-corrected chi connectivity index (χ4v) is 5.30. The molecule has 8 heteroatoms. The molecule has 3 aromatic rings. The van der Waals surface area contributed by atoms with Crippen LogP contribution in [0.5, 0.6) is 17.4 Å². The Morgan fingerprint density at radius 3 is 2.81 bits per heavy atom. The maximum absolute atomic E-state index is 13.3. The highest BCUT2D eigenvalue weighted by Crippen LogP contribution is 2.35. The number of hydrazine groups is 1. The van der Waals surface area contributed by atoms with Crippen LogP contribution in [0, 0.1) is 5.92 Å². The van der Waals surface area contributed by atoms with Gasteiger partial charge in [-0.05, 0) is 68.1 Å². The fourth-order valence-electron chi connectivity index (χ4n) is 5.30. The molecule has 8 nitrogen and oxygen atoms in total. The number of ether oxygens (including phenoxy) is 2. The zero-order chi connectivity index (χ0) is 25.2. The third-order valence-corrected chi connectivity index (χ3v) is 7.33. The summed E-state index contributed by atoms with van der Waals surface area (Å²) in [5.41, 5.74) is 9.18. The SMILES string of the molecule is CN(Cc1ccc2c(c1)CN(C(=O)c1ccc(Oc3ccccc3)o1)CCO2)CC1CC(C2CC2)NN1. The van der Waals surface area contributed by atoms with Crippen molar-refractivity contribution < 1.29 is 18.7 Å². The Morgan fingerprint density at radius 1 is 1.11 bits per heavy atom. The van der Waals surface area contributed by atoms with E-state index in [1.165, 1.54) is 24.8 Å². The molecular formula is C29H34N4O4. The molecule has 6 rings (SSSR count). The fraction of sp³-hybridized carbons (Fsp3) is 0.414. The lowest BCUT2D eigenvalue weighted by molar-refractivity contribution is 0.0696. The van der Waals surface area contributed by atoms with Crippen molar-refractivity contribution >= 4 is 5.91 Å². The Hall–Kier alpha value is -3.33. The van der Waals surface area contributed by atoms with Crippen LogP contribution in [0.25, 0.3) is 0 Å². The number of carbonyl (C=O) groups excluding carboxylic acids is 1. The molecule has 37 heavy (non-hydrogen) atoms. The highest BCUT2D eigenvalue weighted by molar-refractivity contribution is 5.91. The summed E-state index contributed by atoms with van der Waals surface area (Å²) in [6.07, 6.45) is 3.91. The lowest BCUT2D eigenvalue weighted by Crippen LogP contribution is -2.39. The van der Waals surface area contributed by atoms with Crippen LogP contribution in [0.3, 0.4) is 0 Å². The number of carbonyl (C=O) groups is 1. The van der Waals surface area contributed by atoms with Crippen LogP contribution < -0.4 is 20.3 Å². The minimum absolute atomic E-state index is 0.174. The summed E-state index contributed by atoms with van der Waals surface area (Å²) in [5, 5.41) is 0. The number of amides is 1. The predicted molar refractivity (Wildman–Crippen MR) is 139 cm³/mol. The molecule has 2 unspecified atom stereocenters.